The predicted octanol–water partition coefficient (Wildman–Crippen LogP) is -0.392. The lowest BCUT2D eigenvalue weighted by molar-refractivity contribution is 1.15. The quantitative estimate of drug-likeness (QED) is 0.405. The molecule has 0 aromatic heterocycles. The monoisotopic (exact) mass is 113 g/mol. The highest BCUT2D eigenvalue weighted by Crippen LogP contribution is 1.93. The molecule has 0 aromatic rings. The van der Waals surface area contributed by atoms with Gasteiger partial charge in [0.25, 0.3) is 0 Å². The molecule has 0 aliphatic carbocycles. The fraction of sp³-hybridized carbons (Fsp3) is 0.200. The third-order valence-electron chi connectivity index (χ3n) is 0.771. The first-order chi connectivity index (χ1) is 3.55. The van der Waals surface area contributed by atoms with Gasteiger partial charge < -0.3 is 17.2 Å². The summed E-state index contributed by atoms with van der Waals surface area (Å²) >= 11 is 0. The Hall–Kier alpha value is -1.12. The van der Waals surface area contributed by atoms with Crippen molar-refractivity contribution in [3.8, 4) is 0 Å². The lowest BCUT2D eigenvalue weighted by Crippen LogP contribution is -2.13. The number of allylic oxidation sites excluding steroid dienone is 1. The Morgan fingerprint density at radius 2 is 1.62 bits per heavy atom. The lowest BCUT2D eigenvalue weighted by atomic mass is 10.3. The molecule has 0 spiro atoms. The Morgan fingerprint density at radius 3 is 1.62 bits per heavy atom. The summed E-state index contributed by atoms with van der Waals surface area (Å²) in [6.07, 6.45) is 0. The van der Waals surface area contributed by atoms with Crippen LogP contribution in [0.2, 0.25) is 0 Å². The van der Waals surface area contributed by atoms with Gasteiger partial charge in [0.15, 0.2) is 0 Å². The smallest absolute Gasteiger partial charge is 0.0729 e. The number of rotatable bonds is 1. The molecular weight excluding hydrogens is 102 g/mol. The Kier molecular flexibility index (Phi) is 1.94. The van der Waals surface area contributed by atoms with Gasteiger partial charge >= 0.3 is 0 Å². The highest BCUT2D eigenvalue weighted by atomic mass is 14.7. The van der Waals surface area contributed by atoms with E-state index in [2.05, 4.69) is 6.58 Å². The van der Waals surface area contributed by atoms with E-state index in [0.29, 0.717) is 17.1 Å². The first-order valence-electron chi connectivity index (χ1n) is 2.22. The first-order valence-corrected chi connectivity index (χ1v) is 2.22. The Bertz CT molecular complexity index is 131. The van der Waals surface area contributed by atoms with Crippen molar-refractivity contribution in [3.63, 3.8) is 0 Å². The van der Waals surface area contributed by atoms with E-state index in [1.165, 1.54) is 0 Å². The molecule has 46 valence electrons. The van der Waals surface area contributed by atoms with E-state index in [0.717, 1.165) is 0 Å². The topological polar surface area (TPSA) is 78.1 Å². The molecule has 0 aromatic carbocycles. The van der Waals surface area contributed by atoms with Crippen molar-refractivity contribution in [1.82, 2.24) is 0 Å². The summed E-state index contributed by atoms with van der Waals surface area (Å²) in [5.41, 5.74) is 16.9. The summed E-state index contributed by atoms with van der Waals surface area (Å²) in [6, 6.07) is 0. The van der Waals surface area contributed by atoms with Crippen LogP contribution in [0, 0.1) is 0 Å². The molecule has 0 saturated heterocycles. The van der Waals surface area contributed by atoms with Gasteiger partial charge in [-0.1, -0.05) is 6.58 Å². The molecule has 0 unspecified atom stereocenters. The summed E-state index contributed by atoms with van der Waals surface area (Å²) in [7, 11) is 0. The van der Waals surface area contributed by atoms with Crippen LogP contribution in [0.15, 0.2) is 23.7 Å². The Morgan fingerprint density at radius 1 is 1.25 bits per heavy atom. The van der Waals surface area contributed by atoms with Gasteiger partial charge in [-0.3, -0.25) is 0 Å². The van der Waals surface area contributed by atoms with Crippen LogP contribution in [-0.2, 0) is 0 Å². The minimum Gasteiger partial charge on any atom is -0.401 e. The molecule has 0 rings (SSSR count). The van der Waals surface area contributed by atoms with Gasteiger partial charge in [-0.05, 0) is 6.92 Å². The molecular formula is C5H11N3. The molecule has 6 N–H and O–H groups in total. The molecule has 3 heteroatoms. The average Bonchev–Trinajstić information content (AvgIpc) is 1.64. The molecule has 0 bridgehead atoms. The summed E-state index contributed by atoms with van der Waals surface area (Å²) in [6.45, 7) is 5.07. The van der Waals surface area contributed by atoms with E-state index < -0.39 is 0 Å². The van der Waals surface area contributed by atoms with E-state index in [9.17, 15) is 0 Å². The Labute approximate surface area is 48.8 Å². The van der Waals surface area contributed by atoms with Gasteiger partial charge in [0.1, 0.15) is 0 Å². The second kappa shape index (κ2) is 2.26. The zero-order valence-corrected chi connectivity index (χ0v) is 4.94. The van der Waals surface area contributed by atoms with Crippen LogP contribution in [0.1, 0.15) is 6.92 Å². The minimum absolute atomic E-state index is 0.324. The number of hydrogen-bond acceptors (Lipinski definition) is 3. The fourth-order valence-electron chi connectivity index (χ4n) is 0.253. The fourth-order valence-corrected chi connectivity index (χ4v) is 0.253. The normalized spacial score (nSPS) is 12.6. The van der Waals surface area contributed by atoms with Gasteiger partial charge in [-0.25, -0.2) is 0 Å². The van der Waals surface area contributed by atoms with E-state index in [4.69, 9.17) is 17.2 Å². The van der Waals surface area contributed by atoms with Crippen LogP contribution >= 0.6 is 0 Å². The van der Waals surface area contributed by atoms with Crippen LogP contribution < -0.4 is 17.2 Å². The second-order valence-corrected chi connectivity index (χ2v) is 1.62. The molecule has 8 heavy (non-hydrogen) atoms. The lowest BCUT2D eigenvalue weighted by Gasteiger charge is -1.99. The van der Waals surface area contributed by atoms with Gasteiger partial charge in [0, 0.05) is 11.4 Å². The maximum absolute atomic E-state index is 5.29. The maximum atomic E-state index is 5.29. The first kappa shape index (κ1) is 6.88. The SMILES string of the molecule is C=C(N)/C(N)=C(/C)N. The Balaban J connectivity index is 4.23. The van der Waals surface area contributed by atoms with Gasteiger partial charge in [-0.2, -0.15) is 0 Å². The van der Waals surface area contributed by atoms with Gasteiger partial charge in [0.05, 0.1) is 5.70 Å². The van der Waals surface area contributed by atoms with Crippen LogP contribution in [0.5, 0.6) is 0 Å². The molecule has 0 radical (unpaired) electrons. The van der Waals surface area contributed by atoms with Crippen LogP contribution in [0.25, 0.3) is 0 Å². The van der Waals surface area contributed by atoms with E-state index >= 15 is 0 Å². The van der Waals surface area contributed by atoms with Gasteiger partial charge in [-0.15, -0.1) is 0 Å². The number of hydrogen-bond donors (Lipinski definition) is 3. The molecule has 3 nitrogen and oxygen atoms in total. The van der Waals surface area contributed by atoms with Crippen molar-refractivity contribution in [2.24, 2.45) is 17.2 Å². The molecule has 0 aliphatic heterocycles. The highest BCUT2D eigenvalue weighted by Gasteiger charge is 1.91. The zero-order valence-electron chi connectivity index (χ0n) is 4.94. The van der Waals surface area contributed by atoms with Crippen molar-refractivity contribution in [2.45, 2.75) is 6.92 Å². The van der Waals surface area contributed by atoms with Crippen molar-refractivity contribution in [1.29, 1.82) is 0 Å². The number of nitrogens with two attached hydrogens (primary N) is 3. The molecule has 0 heterocycles. The van der Waals surface area contributed by atoms with Crippen molar-refractivity contribution >= 4 is 0 Å². The third kappa shape index (κ3) is 1.55. The summed E-state index contributed by atoms with van der Waals surface area (Å²) in [4.78, 5) is 0. The van der Waals surface area contributed by atoms with Crippen LogP contribution in [-0.4, -0.2) is 0 Å². The molecule has 0 fully saturated rings. The van der Waals surface area contributed by atoms with Crippen LogP contribution in [0.4, 0.5) is 0 Å². The predicted molar refractivity (Wildman–Crippen MR) is 34.4 cm³/mol. The summed E-state index contributed by atoms with van der Waals surface area (Å²) < 4.78 is 0. The summed E-state index contributed by atoms with van der Waals surface area (Å²) in [5, 5.41) is 0. The molecule has 0 atom stereocenters. The van der Waals surface area contributed by atoms with Crippen molar-refractivity contribution in [3.05, 3.63) is 23.7 Å². The van der Waals surface area contributed by atoms with Gasteiger partial charge in [0.2, 0.25) is 0 Å². The third-order valence-corrected chi connectivity index (χ3v) is 0.771. The largest absolute Gasteiger partial charge is 0.401 e. The molecule has 0 amide bonds. The highest BCUT2D eigenvalue weighted by molar-refractivity contribution is 5.24. The molecule has 0 aliphatic rings. The van der Waals surface area contributed by atoms with E-state index in [1.807, 2.05) is 0 Å². The average molecular weight is 113 g/mol. The van der Waals surface area contributed by atoms with Crippen molar-refractivity contribution < 1.29 is 0 Å². The maximum Gasteiger partial charge on any atom is 0.0729 e. The van der Waals surface area contributed by atoms with Crippen molar-refractivity contribution in [2.75, 3.05) is 0 Å². The second-order valence-electron chi connectivity index (χ2n) is 1.62. The summed E-state index contributed by atoms with van der Waals surface area (Å²) in [5.74, 6) is 0. The van der Waals surface area contributed by atoms with E-state index in [1.54, 1.807) is 6.92 Å². The zero-order chi connectivity index (χ0) is 6.73. The van der Waals surface area contributed by atoms with Crippen LogP contribution in [0.3, 0.4) is 0 Å². The minimum atomic E-state index is 0.324. The standard InChI is InChI=1S/C5H11N3/c1-3(6)5(8)4(2)7/h1,6-8H2,2H3/b5-4+. The molecule has 0 saturated carbocycles. The van der Waals surface area contributed by atoms with E-state index in [-0.39, 0.29) is 0 Å².